The van der Waals surface area contributed by atoms with Gasteiger partial charge in [0.25, 0.3) is 0 Å². The molecule has 1 amide bonds. The molecule has 3 aromatic rings. The van der Waals surface area contributed by atoms with Gasteiger partial charge in [-0.25, -0.2) is 4.68 Å². The fraction of sp³-hybridized carbons (Fsp3) is 0.118. The van der Waals surface area contributed by atoms with Gasteiger partial charge >= 0.3 is 0 Å². The molecule has 26 heavy (non-hydrogen) atoms. The van der Waals surface area contributed by atoms with E-state index >= 15 is 0 Å². The SMILES string of the molecule is CSc1ccccc1NC(=O)CSc1nnc(-c2ccc(Cl)cc2)n1N. The molecule has 0 aliphatic heterocycles. The quantitative estimate of drug-likeness (QED) is 0.479. The number of halogens is 1. The van der Waals surface area contributed by atoms with E-state index in [0.29, 0.717) is 16.0 Å². The summed E-state index contributed by atoms with van der Waals surface area (Å²) in [7, 11) is 0. The maximum atomic E-state index is 12.2. The lowest BCUT2D eigenvalue weighted by Gasteiger charge is -2.09. The van der Waals surface area contributed by atoms with Crippen LogP contribution in [0.4, 0.5) is 5.69 Å². The molecule has 1 heterocycles. The van der Waals surface area contributed by atoms with Crippen molar-refractivity contribution in [2.75, 3.05) is 23.2 Å². The lowest BCUT2D eigenvalue weighted by Crippen LogP contribution is -2.16. The first-order chi connectivity index (χ1) is 12.6. The monoisotopic (exact) mass is 405 g/mol. The molecule has 3 N–H and O–H groups in total. The molecule has 0 aliphatic rings. The number of hydrogen-bond donors (Lipinski definition) is 2. The number of carbonyl (C=O) groups is 1. The predicted molar refractivity (Wildman–Crippen MR) is 108 cm³/mol. The average molecular weight is 406 g/mol. The maximum Gasteiger partial charge on any atom is 0.234 e. The molecule has 0 unspecified atom stereocenters. The summed E-state index contributed by atoms with van der Waals surface area (Å²) in [5.41, 5.74) is 1.59. The number of anilines is 1. The van der Waals surface area contributed by atoms with Gasteiger partial charge in [0.05, 0.1) is 11.4 Å². The molecule has 0 atom stereocenters. The van der Waals surface area contributed by atoms with Gasteiger partial charge in [-0.3, -0.25) is 4.79 Å². The molecule has 2 aromatic carbocycles. The van der Waals surface area contributed by atoms with E-state index < -0.39 is 0 Å². The molecule has 134 valence electrons. The smallest absolute Gasteiger partial charge is 0.234 e. The second-order valence-electron chi connectivity index (χ2n) is 5.22. The Hall–Kier alpha value is -2.16. The Labute approximate surface area is 164 Å². The third kappa shape index (κ3) is 4.32. The number of hydrogen-bond acceptors (Lipinski definition) is 6. The molecule has 9 heteroatoms. The highest BCUT2D eigenvalue weighted by Crippen LogP contribution is 2.26. The molecule has 3 rings (SSSR count). The Kier molecular flexibility index (Phi) is 6.08. The van der Waals surface area contributed by atoms with E-state index in [9.17, 15) is 4.79 Å². The van der Waals surface area contributed by atoms with E-state index in [4.69, 9.17) is 17.4 Å². The minimum absolute atomic E-state index is 0.132. The number of nitrogens with zero attached hydrogens (tertiary/aromatic N) is 3. The standard InChI is InChI=1S/C17H16ClN5OS2/c1-25-14-5-3-2-4-13(14)20-15(24)10-26-17-22-21-16(23(17)19)11-6-8-12(18)9-7-11/h2-9H,10,19H2,1H3,(H,20,24). The highest BCUT2D eigenvalue weighted by atomic mass is 35.5. The van der Waals surface area contributed by atoms with Gasteiger partial charge in [-0.2, -0.15) is 0 Å². The van der Waals surface area contributed by atoms with Gasteiger partial charge in [-0.05, 0) is 42.7 Å². The van der Waals surface area contributed by atoms with Gasteiger partial charge in [0.15, 0.2) is 5.82 Å². The summed E-state index contributed by atoms with van der Waals surface area (Å²) in [6, 6.07) is 14.8. The third-order valence-electron chi connectivity index (χ3n) is 3.48. The zero-order valence-electron chi connectivity index (χ0n) is 13.8. The number of carbonyl (C=O) groups excluding carboxylic acids is 1. The van der Waals surface area contributed by atoms with Crippen LogP contribution in [0, 0.1) is 0 Å². The zero-order valence-corrected chi connectivity index (χ0v) is 16.2. The Balaban J connectivity index is 1.65. The number of rotatable bonds is 6. The van der Waals surface area contributed by atoms with E-state index in [1.165, 1.54) is 16.4 Å². The van der Waals surface area contributed by atoms with E-state index in [-0.39, 0.29) is 11.7 Å². The van der Waals surface area contributed by atoms with Gasteiger partial charge in [-0.1, -0.05) is 35.5 Å². The van der Waals surface area contributed by atoms with Crippen molar-refractivity contribution < 1.29 is 4.79 Å². The summed E-state index contributed by atoms with van der Waals surface area (Å²) in [4.78, 5) is 13.2. The van der Waals surface area contributed by atoms with Crippen LogP contribution < -0.4 is 11.2 Å². The number of aromatic nitrogens is 3. The first kappa shape index (κ1) is 18.6. The van der Waals surface area contributed by atoms with Crippen LogP contribution in [0.2, 0.25) is 5.02 Å². The van der Waals surface area contributed by atoms with E-state index in [1.54, 1.807) is 23.9 Å². The van der Waals surface area contributed by atoms with Crippen LogP contribution in [0.25, 0.3) is 11.4 Å². The Morgan fingerprint density at radius 3 is 2.65 bits per heavy atom. The fourth-order valence-electron chi connectivity index (χ4n) is 2.24. The molecule has 0 spiro atoms. The van der Waals surface area contributed by atoms with Crippen LogP contribution in [-0.2, 0) is 4.79 Å². The summed E-state index contributed by atoms with van der Waals surface area (Å²) in [6.07, 6.45) is 1.97. The summed E-state index contributed by atoms with van der Waals surface area (Å²) >= 11 is 8.70. The average Bonchev–Trinajstić information content (AvgIpc) is 3.02. The third-order valence-corrected chi connectivity index (χ3v) is 5.47. The van der Waals surface area contributed by atoms with Crippen molar-refractivity contribution in [3.8, 4) is 11.4 Å². The number of nitrogen functional groups attached to an aromatic ring is 1. The van der Waals surface area contributed by atoms with Crippen molar-refractivity contribution in [1.29, 1.82) is 0 Å². The van der Waals surface area contributed by atoms with Gasteiger partial charge < -0.3 is 11.2 Å². The second-order valence-corrected chi connectivity index (χ2v) is 7.45. The van der Waals surface area contributed by atoms with E-state index in [2.05, 4.69) is 15.5 Å². The Bertz CT molecular complexity index is 914. The molecular formula is C17H16ClN5OS2. The van der Waals surface area contributed by atoms with Crippen LogP contribution in [0.1, 0.15) is 0 Å². The van der Waals surface area contributed by atoms with Crippen LogP contribution in [-0.4, -0.2) is 32.8 Å². The molecular weight excluding hydrogens is 390 g/mol. The molecule has 0 saturated heterocycles. The van der Waals surface area contributed by atoms with Gasteiger partial charge in [0.2, 0.25) is 11.1 Å². The number of benzene rings is 2. The maximum absolute atomic E-state index is 12.2. The molecule has 0 bridgehead atoms. The first-order valence-corrected chi connectivity index (χ1v) is 10.2. The minimum atomic E-state index is -0.132. The summed E-state index contributed by atoms with van der Waals surface area (Å²) < 4.78 is 1.37. The topological polar surface area (TPSA) is 85.8 Å². The van der Waals surface area contributed by atoms with Crippen LogP contribution in [0.3, 0.4) is 0 Å². The van der Waals surface area contributed by atoms with Crippen molar-refractivity contribution in [2.24, 2.45) is 0 Å². The number of nitrogens with one attached hydrogen (secondary N) is 1. The van der Waals surface area contributed by atoms with Crippen LogP contribution in [0.5, 0.6) is 0 Å². The molecule has 0 fully saturated rings. The first-order valence-electron chi connectivity index (χ1n) is 7.60. The lowest BCUT2D eigenvalue weighted by molar-refractivity contribution is -0.113. The number of amides is 1. The van der Waals surface area contributed by atoms with Crippen molar-refractivity contribution in [3.05, 3.63) is 53.6 Å². The Morgan fingerprint density at radius 1 is 1.19 bits per heavy atom. The zero-order chi connectivity index (χ0) is 18.5. The summed E-state index contributed by atoms with van der Waals surface area (Å²) in [6.45, 7) is 0. The highest BCUT2D eigenvalue weighted by Gasteiger charge is 2.14. The van der Waals surface area contributed by atoms with Crippen LogP contribution in [0.15, 0.2) is 58.6 Å². The van der Waals surface area contributed by atoms with Crippen molar-refractivity contribution in [2.45, 2.75) is 10.1 Å². The second kappa shape index (κ2) is 8.48. The Morgan fingerprint density at radius 2 is 1.92 bits per heavy atom. The van der Waals surface area contributed by atoms with Gasteiger partial charge in [0, 0.05) is 15.5 Å². The fourth-order valence-corrected chi connectivity index (χ4v) is 3.57. The van der Waals surface area contributed by atoms with Crippen LogP contribution >= 0.6 is 35.1 Å². The largest absolute Gasteiger partial charge is 0.335 e. The molecule has 0 saturated carbocycles. The number of para-hydroxylation sites is 1. The number of nitrogens with two attached hydrogens (primary N) is 1. The lowest BCUT2D eigenvalue weighted by atomic mass is 10.2. The molecule has 0 aliphatic carbocycles. The highest BCUT2D eigenvalue weighted by molar-refractivity contribution is 7.99. The molecule has 6 nitrogen and oxygen atoms in total. The van der Waals surface area contributed by atoms with Gasteiger partial charge in [-0.15, -0.1) is 22.0 Å². The minimum Gasteiger partial charge on any atom is -0.335 e. The summed E-state index contributed by atoms with van der Waals surface area (Å²) in [5, 5.41) is 12.2. The normalized spacial score (nSPS) is 10.7. The van der Waals surface area contributed by atoms with E-state index in [1.807, 2.05) is 42.7 Å². The van der Waals surface area contributed by atoms with Crippen molar-refractivity contribution in [3.63, 3.8) is 0 Å². The van der Waals surface area contributed by atoms with E-state index in [0.717, 1.165) is 16.1 Å². The summed E-state index contributed by atoms with van der Waals surface area (Å²) in [5.74, 6) is 6.62. The van der Waals surface area contributed by atoms with Crippen molar-refractivity contribution >= 4 is 46.7 Å². The number of thioether (sulfide) groups is 2. The molecule has 0 radical (unpaired) electrons. The molecule has 1 aromatic heterocycles. The van der Waals surface area contributed by atoms with Crippen molar-refractivity contribution in [1.82, 2.24) is 14.9 Å². The van der Waals surface area contributed by atoms with Gasteiger partial charge in [0.1, 0.15) is 0 Å². The predicted octanol–water partition coefficient (Wildman–Crippen LogP) is 3.77.